The summed E-state index contributed by atoms with van der Waals surface area (Å²) in [5.41, 5.74) is 10.5. The number of hydrogen-bond acceptors (Lipinski definition) is 8. The second kappa shape index (κ2) is 21.6. The molecule has 0 aliphatic heterocycles. The summed E-state index contributed by atoms with van der Waals surface area (Å²) < 4.78 is 0. The summed E-state index contributed by atoms with van der Waals surface area (Å²) >= 11 is 0. The highest BCUT2D eigenvalue weighted by molar-refractivity contribution is 5.97. The number of imidazole rings is 1. The first kappa shape index (κ1) is 44.0. The topological polar surface area (TPSA) is 253 Å². The number of nitrogens with two attached hydrogens (primary N) is 1. The Kier molecular flexibility index (Phi) is 15.3. The molecular weight excluding hydrogens is 791 g/mol. The number of fused-ring (bicyclic) bond motifs is 1. The van der Waals surface area contributed by atoms with Crippen LogP contribution in [-0.4, -0.2) is 92.3 Å². The maximum Gasteiger partial charge on any atom is 0.322 e. The molecule has 2 aromatic heterocycles. The van der Waals surface area contributed by atoms with E-state index in [1.54, 1.807) is 36.5 Å². The smallest absolute Gasteiger partial charge is 0.322 e. The number of aromatic nitrogens is 3. The number of benzene rings is 4. The van der Waals surface area contributed by atoms with E-state index in [0.717, 1.165) is 22.0 Å². The molecule has 6 aromatic rings. The number of carbonyl (C=O) groups is 6. The minimum atomic E-state index is -1.28. The van der Waals surface area contributed by atoms with Crippen molar-refractivity contribution in [1.29, 1.82) is 0 Å². The Balaban J connectivity index is 1.28. The number of H-pyrrole nitrogens is 2. The van der Waals surface area contributed by atoms with Crippen molar-refractivity contribution in [2.45, 2.75) is 62.3 Å². The summed E-state index contributed by atoms with van der Waals surface area (Å²) in [5.74, 6) is -4.72. The van der Waals surface area contributed by atoms with Crippen molar-refractivity contribution in [2.75, 3.05) is 6.54 Å². The summed E-state index contributed by atoms with van der Waals surface area (Å²) in [6.45, 7) is -0.685. The number of nitrogens with one attached hydrogen (secondary N) is 7. The maximum absolute atomic E-state index is 14.6. The van der Waals surface area contributed by atoms with Gasteiger partial charge in [-0.1, -0.05) is 109 Å². The molecule has 0 aliphatic rings. The molecule has 10 N–H and O–H groups in total. The van der Waals surface area contributed by atoms with Crippen LogP contribution in [0.1, 0.15) is 27.9 Å². The molecule has 0 bridgehead atoms. The first-order chi connectivity index (χ1) is 30.0. The summed E-state index contributed by atoms with van der Waals surface area (Å²) in [4.78, 5) is 91.5. The zero-order chi connectivity index (χ0) is 43.8. The van der Waals surface area contributed by atoms with E-state index in [-0.39, 0.29) is 32.1 Å². The third-order valence-corrected chi connectivity index (χ3v) is 10.2. The number of para-hydroxylation sites is 1. The van der Waals surface area contributed by atoms with Crippen LogP contribution in [0.3, 0.4) is 0 Å². The van der Waals surface area contributed by atoms with E-state index in [0.29, 0.717) is 16.8 Å². The molecule has 0 saturated carbocycles. The monoisotopic (exact) mass is 839 g/mol. The van der Waals surface area contributed by atoms with Gasteiger partial charge in [0.05, 0.1) is 18.1 Å². The lowest BCUT2D eigenvalue weighted by atomic mass is 10.00. The summed E-state index contributed by atoms with van der Waals surface area (Å²) in [6.07, 6.45) is 4.88. The molecule has 5 amide bonds. The molecule has 0 aliphatic carbocycles. The zero-order valence-electron chi connectivity index (χ0n) is 33.8. The van der Waals surface area contributed by atoms with Crippen LogP contribution in [0, 0.1) is 0 Å². The van der Waals surface area contributed by atoms with Gasteiger partial charge < -0.3 is 47.4 Å². The summed E-state index contributed by atoms with van der Waals surface area (Å²) in [6, 6.07) is 28.8. The second-order valence-electron chi connectivity index (χ2n) is 14.9. The Morgan fingerprint density at radius 1 is 0.548 bits per heavy atom. The third-order valence-electron chi connectivity index (χ3n) is 10.2. The van der Waals surface area contributed by atoms with Gasteiger partial charge in [0.25, 0.3) is 0 Å². The fourth-order valence-corrected chi connectivity index (χ4v) is 7.01. The van der Waals surface area contributed by atoms with E-state index < -0.39 is 72.3 Å². The van der Waals surface area contributed by atoms with Crippen molar-refractivity contribution in [3.63, 3.8) is 0 Å². The predicted octanol–water partition coefficient (Wildman–Crippen LogP) is 1.87. The lowest BCUT2D eigenvalue weighted by molar-refractivity contribution is -0.138. The Hall–Kier alpha value is -7.59. The number of carboxylic acids is 1. The minimum absolute atomic E-state index is 0.00989. The van der Waals surface area contributed by atoms with Crippen LogP contribution in [0.4, 0.5) is 0 Å². The fourth-order valence-electron chi connectivity index (χ4n) is 7.01. The van der Waals surface area contributed by atoms with Gasteiger partial charge in [0.15, 0.2) is 0 Å². The molecule has 16 heteroatoms. The van der Waals surface area contributed by atoms with Gasteiger partial charge in [-0.2, -0.15) is 0 Å². The number of nitrogens with zero attached hydrogens (tertiary/aromatic N) is 1. The van der Waals surface area contributed by atoms with Crippen LogP contribution < -0.4 is 32.3 Å². The Labute approximate surface area is 357 Å². The molecule has 4 aromatic carbocycles. The average Bonchev–Trinajstić information content (AvgIpc) is 3.95. The molecule has 0 radical (unpaired) electrons. The van der Waals surface area contributed by atoms with Crippen LogP contribution in [0.2, 0.25) is 0 Å². The highest BCUT2D eigenvalue weighted by Crippen LogP contribution is 2.20. The lowest BCUT2D eigenvalue weighted by Gasteiger charge is -2.27. The molecular formula is C46H49N9O7. The fraction of sp³-hybridized carbons (Fsp3) is 0.239. The molecule has 0 spiro atoms. The molecule has 5 atom stereocenters. The quantitative estimate of drug-likeness (QED) is 0.0513. The van der Waals surface area contributed by atoms with E-state index >= 15 is 0 Å². The van der Waals surface area contributed by atoms with Crippen LogP contribution in [0.15, 0.2) is 134 Å². The zero-order valence-corrected chi connectivity index (χ0v) is 33.8. The van der Waals surface area contributed by atoms with Gasteiger partial charge in [-0.15, -0.1) is 0 Å². The molecule has 0 unspecified atom stereocenters. The molecule has 6 rings (SSSR count). The number of aromatic amines is 2. The number of amides is 5. The van der Waals surface area contributed by atoms with Gasteiger partial charge in [-0.3, -0.25) is 28.8 Å². The van der Waals surface area contributed by atoms with Gasteiger partial charge in [0, 0.05) is 49.0 Å². The SMILES string of the molecule is N[C@@H](Cc1ccccc1)C(=O)N[C@@H](Cc1ccccc1)C(=O)N[C@@H](Cc1c[nH]c2ccccc12)C(=O)N[C@@H](Cc1ccccc1)C(=O)N[C@@H](Cc1c[nH]cn1)C(=O)NCC(=O)O. The van der Waals surface area contributed by atoms with Crippen molar-refractivity contribution in [1.82, 2.24) is 41.5 Å². The molecule has 320 valence electrons. The van der Waals surface area contributed by atoms with Gasteiger partial charge >= 0.3 is 5.97 Å². The standard InChI is InChI=1S/C46H49N9O7/c47-35(20-29-12-4-1-5-13-29)42(58)52-37(21-30-14-6-2-7-15-30)44(60)54-39(23-32-25-49-36-19-11-10-18-34(32)36)46(62)53-38(22-31-16-8-3-9-17-31)45(61)55-40(24-33-26-48-28-51-33)43(59)50-27-41(56)57/h1-19,25-26,28,35,37-40,49H,20-24,27,47H2,(H,48,51)(H,50,59)(H,52,58)(H,53,62)(H,54,60)(H,55,61)(H,56,57)/t35-,37-,38-,39-,40-/m0/s1. The minimum Gasteiger partial charge on any atom is -0.480 e. The number of carboxylic acid groups (broad SMARTS) is 1. The van der Waals surface area contributed by atoms with E-state index in [1.807, 2.05) is 84.9 Å². The van der Waals surface area contributed by atoms with Crippen molar-refractivity contribution in [2.24, 2.45) is 5.73 Å². The van der Waals surface area contributed by atoms with Crippen molar-refractivity contribution >= 4 is 46.4 Å². The second-order valence-corrected chi connectivity index (χ2v) is 14.9. The Bertz CT molecular complexity index is 2430. The van der Waals surface area contributed by atoms with E-state index in [9.17, 15) is 33.9 Å². The molecule has 2 heterocycles. The largest absolute Gasteiger partial charge is 0.480 e. The number of hydrogen-bond donors (Lipinski definition) is 9. The van der Waals surface area contributed by atoms with Crippen molar-refractivity contribution in [3.8, 4) is 0 Å². The van der Waals surface area contributed by atoms with Gasteiger partial charge in [0.1, 0.15) is 30.7 Å². The van der Waals surface area contributed by atoms with Crippen LogP contribution in [0.5, 0.6) is 0 Å². The van der Waals surface area contributed by atoms with Gasteiger partial charge in [-0.05, 0) is 34.7 Å². The average molecular weight is 840 g/mol. The van der Waals surface area contributed by atoms with Crippen LogP contribution in [-0.2, 0) is 60.9 Å². The first-order valence-corrected chi connectivity index (χ1v) is 20.1. The predicted molar refractivity (Wildman–Crippen MR) is 231 cm³/mol. The van der Waals surface area contributed by atoms with Crippen LogP contribution >= 0.6 is 0 Å². The molecule has 16 nitrogen and oxygen atoms in total. The molecule has 62 heavy (non-hydrogen) atoms. The first-order valence-electron chi connectivity index (χ1n) is 20.1. The van der Waals surface area contributed by atoms with E-state index in [2.05, 4.69) is 41.5 Å². The Morgan fingerprint density at radius 2 is 1.02 bits per heavy atom. The lowest BCUT2D eigenvalue weighted by Crippen LogP contribution is -2.60. The number of aliphatic carboxylic acids is 1. The van der Waals surface area contributed by atoms with Crippen molar-refractivity contribution in [3.05, 3.63) is 162 Å². The summed E-state index contributed by atoms with van der Waals surface area (Å²) in [7, 11) is 0. The highest BCUT2D eigenvalue weighted by Gasteiger charge is 2.33. The van der Waals surface area contributed by atoms with Crippen molar-refractivity contribution < 1.29 is 33.9 Å². The highest BCUT2D eigenvalue weighted by atomic mass is 16.4. The molecule has 0 fully saturated rings. The van der Waals surface area contributed by atoms with E-state index in [1.165, 1.54) is 12.5 Å². The third kappa shape index (κ3) is 12.7. The van der Waals surface area contributed by atoms with Gasteiger partial charge in [-0.25, -0.2) is 4.98 Å². The summed E-state index contributed by atoms with van der Waals surface area (Å²) in [5, 5.41) is 23.5. The normalized spacial score (nSPS) is 13.4. The van der Waals surface area contributed by atoms with Crippen LogP contribution in [0.25, 0.3) is 10.9 Å². The van der Waals surface area contributed by atoms with Gasteiger partial charge in [0.2, 0.25) is 29.5 Å². The number of carbonyl (C=O) groups excluding carboxylic acids is 5. The van der Waals surface area contributed by atoms with E-state index in [4.69, 9.17) is 5.73 Å². The molecule has 0 saturated heterocycles. The number of rotatable bonds is 21. The Morgan fingerprint density at radius 3 is 1.53 bits per heavy atom. The maximum atomic E-state index is 14.6.